The van der Waals surface area contributed by atoms with Gasteiger partial charge in [0.05, 0.1) is 11.1 Å². The van der Waals surface area contributed by atoms with Gasteiger partial charge in [0.15, 0.2) is 39.5 Å². The maximum absolute atomic E-state index is 10.7. The Balaban J connectivity index is 0.000000295. The number of nitrogens with zero attached hydrogens (tertiary/aromatic N) is 4. The highest BCUT2D eigenvalue weighted by Gasteiger charge is 2.38. The zero-order chi connectivity index (χ0) is 39.6. The first-order valence-corrected chi connectivity index (χ1v) is 18.8. The van der Waals surface area contributed by atoms with Crippen LogP contribution in [0.3, 0.4) is 0 Å². The normalized spacial score (nSPS) is 14.0. The van der Waals surface area contributed by atoms with E-state index in [0.717, 1.165) is 25.9 Å². The minimum absolute atomic E-state index is 0.977. The lowest BCUT2D eigenvalue weighted by Gasteiger charge is -2.23. The van der Waals surface area contributed by atoms with Gasteiger partial charge in [0, 0.05) is 81.1 Å². The minimum atomic E-state index is -6.09. The van der Waals surface area contributed by atoms with Crippen LogP contribution in [0.15, 0.2) is 85.3 Å². The van der Waals surface area contributed by atoms with Gasteiger partial charge in [-0.2, -0.15) is 35.5 Å². The third-order valence-electron chi connectivity index (χ3n) is 8.68. The number of hydrogen-bond donors (Lipinski definition) is 0. The lowest BCUT2D eigenvalue weighted by molar-refractivity contribution is -0.690. The van der Waals surface area contributed by atoms with Crippen molar-refractivity contribution in [3.63, 3.8) is 0 Å². The van der Waals surface area contributed by atoms with Crippen molar-refractivity contribution in [3.8, 4) is 22.5 Å². The molecule has 54 heavy (non-hydrogen) atoms. The quantitative estimate of drug-likeness (QED) is 0.0975. The van der Waals surface area contributed by atoms with Crippen molar-refractivity contribution in [2.24, 2.45) is 14.1 Å². The third kappa shape index (κ3) is 9.00. The fourth-order valence-corrected chi connectivity index (χ4v) is 6.07. The first-order valence-electron chi connectivity index (χ1n) is 16.0. The molecular weight excluding hydrogens is 763 g/mol. The number of rotatable bonds is 4. The van der Waals surface area contributed by atoms with Gasteiger partial charge in [-0.3, -0.25) is 0 Å². The molecule has 18 heteroatoms. The van der Waals surface area contributed by atoms with Crippen molar-refractivity contribution < 1.29 is 61.4 Å². The molecule has 0 saturated heterocycles. The zero-order valence-corrected chi connectivity index (χ0v) is 30.2. The van der Waals surface area contributed by atoms with Crippen LogP contribution in [-0.2, 0) is 60.3 Å². The van der Waals surface area contributed by atoms with Gasteiger partial charge in [0.2, 0.25) is 17.1 Å². The van der Waals surface area contributed by atoms with Crippen LogP contribution in [0.1, 0.15) is 33.8 Å². The highest BCUT2D eigenvalue weighted by Crippen LogP contribution is 2.39. The van der Waals surface area contributed by atoms with Crippen LogP contribution in [0.5, 0.6) is 0 Å². The Morgan fingerprint density at radius 1 is 0.648 bits per heavy atom. The van der Waals surface area contributed by atoms with E-state index in [1.165, 1.54) is 56.3 Å². The van der Waals surface area contributed by atoms with Crippen molar-refractivity contribution in [2.45, 2.75) is 36.9 Å². The molecule has 5 aromatic rings. The van der Waals surface area contributed by atoms with E-state index in [4.69, 9.17) is 25.9 Å². The van der Waals surface area contributed by atoms with E-state index in [9.17, 15) is 26.3 Å². The lowest BCUT2D eigenvalue weighted by Crippen LogP contribution is -2.45. The number of halogens is 6. The molecule has 0 fully saturated rings. The van der Waals surface area contributed by atoms with Gasteiger partial charge in [-0.15, -0.1) is 0 Å². The molecule has 0 radical (unpaired) electrons. The first kappa shape index (κ1) is 40.2. The summed E-state index contributed by atoms with van der Waals surface area (Å²) in [6.07, 6.45) is 17.5. The number of fused-ring (bicyclic) bond motifs is 7. The summed E-state index contributed by atoms with van der Waals surface area (Å²) in [5.74, 6) is 0. The molecule has 0 bridgehead atoms. The van der Waals surface area contributed by atoms with Crippen molar-refractivity contribution in [1.82, 2.24) is 9.13 Å². The van der Waals surface area contributed by atoms with Gasteiger partial charge in [0.1, 0.15) is 0 Å². The maximum atomic E-state index is 10.7. The number of benzene rings is 1. The van der Waals surface area contributed by atoms with E-state index in [0.29, 0.717) is 0 Å². The Bertz CT molecular complexity index is 2420. The molecule has 6 heterocycles. The van der Waals surface area contributed by atoms with Crippen LogP contribution in [0.25, 0.3) is 46.8 Å². The Morgan fingerprint density at radius 3 is 1.65 bits per heavy atom. The van der Waals surface area contributed by atoms with Crippen LogP contribution in [0.2, 0.25) is 0 Å². The predicted octanol–water partition coefficient (Wildman–Crippen LogP) is 5.83. The van der Waals surface area contributed by atoms with Crippen molar-refractivity contribution in [3.05, 3.63) is 119 Å². The monoisotopic (exact) mass is 794 g/mol. The maximum Gasteiger partial charge on any atom is 0.485 e. The summed E-state index contributed by atoms with van der Waals surface area (Å²) in [6.45, 7) is 2.01. The average molecular weight is 795 g/mol. The van der Waals surface area contributed by atoms with E-state index >= 15 is 0 Å². The van der Waals surface area contributed by atoms with E-state index < -0.39 is 31.3 Å². The van der Waals surface area contributed by atoms with Gasteiger partial charge in [-0.05, 0) is 59.2 Å². The van der Waals surface area contributed by atoms with Crippen LogP contribution in [0, 0.1) is 0 Å². The standard InChI is InChI=1S/C34H32N4.2CHF3O3S/c1-35-18-5-7-28(35)13-10-25-23-30(15-14-29-8-6-19-36(29)2)38-22-17-27-12-11-26-16-21-37-20-4-3-9-31(37)33(26)34(27)32(38)24-25;2*2-1(3,4)8(5,6)7/h3-15,18-20,23-24H,16-17,21-22H2,1-2H3;2*(H,5,6,7)/q+2;;/p-2. The van der Waals surface area contributed by atoms with E-state index in [1.807, 2.05) is 0 Å². The van der Waals surface area contributed by atoms with Gasteiger partial charge in [0.25, 0.3) is 0 Å². The second-order valence-electron chi connectivity index (χ2n) is 12.2. The summed E-state index contributed by atoms with van der Waals surface area (Å²) in [4.78, 5) is 0. The van der Waals surface area contributed by atoms with Gasteiger partial charge >= 0.3 is 11.0 Å². The van der Waals surface area contributed by atoms with E-state index in [2.05, 4.69) is 142 Å². The SMILES string of the molecule is Cn1cccc1/C=C/c1cc(/C=C/c2cccn2C)[n+]2c(c1)-c1c(ccc3c1-c1cccc[n+]1CC3)CC2.O=S(=O)([O-])C(F)(F)F.O=S(=O)([O-])C(F)(F)F. The number of pyridine rings is 2. The summed E-state index contributed by atoms with van der Waals surface area (Å²) in [5, 5.41) is 0. The van der Waals surface area contributed by atoms with E-state index in [1.54, 1.807) is 0 Å². The van der Waals surface area contributed by atoms with Crippen LogP contribution in [-0.4, -0.2) is 46.1 Å². The second kappa shape index (κ2) is 15.4. The first-order chi connectivity index (χ1) is 25.2. The molecule has 0 amide bonds. The van der Waals surface area contributed by atoms with Crippen molar-refractivity contribution in [1.29, 1.82) is 0 Å². The molecule has 4 aromatic heterocycles. The molecule has 1 aromatic carbocycles. The molecule has 0 aliphatic carbocycles. The van der Waals surface area contributed by atoms with Crippen molar-refractivity contribution >= 4 is 44.5 Å². The molecule has 0 N–H and O–H groups in total. The summed E-state index contributed by atoms with van der Waals surface area (Å²) < 4.78 is 127. The number of hydrogen-bond acceptors (Lipinski definition) is 6. The summed E-state index contributed by atoms with van der Waals surface area (Å²) in [6, 6.07) is 24.6. The predicted molar refractivity (Wildman–Crippen MR) is 185 cm³/mol. The topological polar surface area (TPSA) is 132 Å². The molecule has 7 rings (SSSR count). The van der Waals surface area contributed by atoms with Crippen LogP contribution in [0.4, 0.5) is 26.3 Å². The Morgan fingerprint density at radius 2 is 1.15 bits per heavy atom. The number of aryl methyl sites for hydroxylation is 5. The molecule has 10 nitrogen and oxygen atoms in total. The molecule has 0 atom stereocenters. The molecule has 2 aliphatic rings. The molecule has 286 valence electrons. The Hall–Kier alpha value is -5.04. The largest absolute Gasteiger partial charge is 0.741 e. The van der Waals surface area contributed by atoms with Gasteiger partial charge in [-0.25, -0.2) is 16.8 Å². The molecular formula is C36H32F6N4O6S2. The van der Waals surface area contributed by atoms with Gasteiger partial charge < -0.3 is 18.2 Å². The van der Waals surface area contributed by atoms with Crippen LogP contribution >= 0.6 is 0 Å². The fraction of sp³-hybridized carbons (Fsp3) is 0.222. The summed E-state index contributed by atoms with van der Waals surface area (Å²) in [7, 11) is -7.99. The highest BCUT2D eigenvalue weighted by molar-refractivity contribution is 7.86. The second-order valence-corrected chi connectivity index (χ2v) is 15.0. The molecule has 2 aliphatic heterocycles. The average Bonchev–Trinajstić information content (AvgIpc) is 3.70. The number of alkyl halides is 6. The number of aromatic nitrogens is 4. The van der Waals surface area contributed by atoms with Crippen molar-refractivity contribution in [2.75, 3.05) is 0 Å². The Labute approximate surface area is 307 Å². The highest BCUT2D eigenvalue weighted by atomic mass is 32.2. The zero-order valence-electron chi connectivity index (χ0n) is 28.5. The van der Waals surface area contributed by atoms with Crippen LogP contribution < -0.4 is 9.13 Å². The Kier molecular flexibility index (Phi) is 11.4. The van der Waals surface area contributed by atoms with E-state index in [-0.39, 0.29) is 0 Å². The third-order valence-corrected chi connectivity index (χ3v) is 9.82. The minimum Gasteiger partial charge on any atom is -0.741 e. The summed E-state index contributed by atoms with van der Waals surface area (Å²) >= 11 is 0. The molecule has 0 unspecified atom stereocenters. The summed E-state index contributed by atoms with van der Waals surface area (Å²) in [5.41, 5.74) is 1.88. The fourth-order valence-electron chi connectivity index (χ4n) is 6.07. The molecule has 0 saturated carbocycles. The van der Waals surface area contributed by atoms with Gasteiger partial charge in [-0.1, -0.05) is 18.2 Å². The lowest BCUT2D eigenvalue weighted by atomic mass is 9.84. The molecule has 0 spiro atoms. The smallest absolute Gasteiger partial charge is 0.485 e.